The molecule has 2 aromatic rings. The summed E-state index contributed by atoms with van der Waals surface area (Å²) in [6.07, 6.45) is 2.97. The Hall–Kier alpha value is -1.29. The van der Waals surface area contributed by atoms with Crippen LogP contribution in [-0.2, 0) is 4.74 Å². The fraction of sp³-hybridized carbons (Fsp3) is 0.450. The summed E-state index contributed by atoms with van der Waals surface area (Å²) in [6.45, 7) is 7.92. The molecular weight excluding hydrogens is 357 g/mol. The fourth-order valence-electron chi connectivity index (χ4n) is 3.21. The molecular formula is C20H23Cl2NO2. The van der Waals surface area contributed by atoms with Gasteiger partial charge in [0, 0.05) is 18.7 Å². The smallest absolute Gasteiger partial charge is 0.213 e. The van der Waals surface area contributed by atoms with Crippen LogP contribution in [0.2, 0.25) is 10.0 Å². The zero-order chi connectivity index (χ0) is 18.0. The molecule has 3 nitrogen and oxygen atoms in total. The quantitative estimate of drug-likeness (QED) is 0.660. The molecule has 1 aromatic carbocycles. The summed E-state index contributed by atoms with van der Waals surface area (Å²) in [6, 6.07) is 7.86. The van der Waals surface area contributed by atoms with Gasteiger partial charge in [0.2, 0.25) is 5.88 Å². The first kappa shape index (κ1) is 18.5. The third kappa shape index (κ3) is 4.28. The molecule has 2 heterocycles. The second kappa shape index (κ2) is 7.94. The molecule has 1 aliphatic heterocycles. The lowest BCUT2D eigenvalue weighted by molar-refractivity contribution is 0.138. The second-order valence-electron chi connectivity index (χ2n) is 6.73. The monoisotopic (exact) mass is 379 g/mol. The Kier molecular flexibility index (Phi) is 5.88. The summed E-state index contributed by atoms with van der Waals surface area (Å²) in [4.78, 5) is 4.51. The molecule has 1 aliphatic rings. The van der Waals surface area contributed by atoms with E-state index in [0.29, 0.717) is 34.4 Å². The van der Waals surface area contributed by atoms with E-state index in [4.69, 9.17) is 32.7 Å². The van der Waals surface area contributed by atoms with Crippen LogP contribution < -0.4 is 4.74 Å². The molecule has 0 amide bonds. The zero-order valence-electron chi connectivity index (χ0n) is 14.8. The Morgan fingerprint density at radius 2 is 1.96 bits per heavy atom. The van der Waals surface area contributed by atoms with Crippen LogP contribution in [0, 0.1) is 6.92 Å². The van der Waals surface area contributed by atoms with Gasteiger partial charge in [0.1, 0.15) is 6.10 Å². The zero-order valence-corrected chi connectivity index (χ0v) is 16.3. The topological polar surface area (TPSA) is 31.4 Å². The van der Waals surface area contributed by atoms with Gasteiger partial charge in [-0.15, -0.1) is 0 Å². The lowest BCUT2D eigenvalue weighted by atomic mass is 9.83. The van der Waals surface area contributed by atoms with E-state index < -0.39 is 0 Å². The van der Waals surface area contributed by atoms with Crippen LogP contribution in [-0.4, -0.2) is 24.3 Å². The first-order chi connectivity index (χ1) is 12.0. The van der Waals surface area contributed by atoms with E-state index >= 15 is 0 Å². The highest BCUT2D eigenvalue weighted by Gasteiger charge is 2.21. The average molecular weight is 380 g/mol. The highest BCUT2D eigenvalue weighted by molar-refractivity contribution is 6.42. The molecule has 0 spiro atoms. The van der Waals surface area contributed by atoms with Crippen molar-refractivity contribution >= 4 is 23.2 Å². The van der Waals surface area contributed by atoms with Gasteiger partial charge in [-0.2, -0.15) is 0 Å². The Morgan fingerprint density at radius 3 is 2.60 bits per heavy atom. The largest absolute Gasteiger partial charge is 0.472 e. The molecule has 134 valence electrons. The predicted octanol–water partition coefficient (Wildman–Crippen LogP) is 5.77. The fourth-order valence-corrected chi connectivity index (χ4v) is 3.52. The molecule has 3 unspecified atom stereocenters. The van der Waals surface area contributed by atoms with Crippen molar-refractivity contribution in [2.75, 3.05) is 13.2 Å². The van der Waals surface area contributed by atoms with Gasteiger partial charge in [-0.3, -0.25) is 0 Å². The van der Waals surface area contributed by atoms with Crippen molar-refractivity contribution in [3.63, 3.8) is 0 Å². The van der Waals surface area contributed by atoms with Crippen molar-refractivity contribution in [2.24, 2.45) is 0 Å². The molecule has 3 atom stereocenters. The highest BCUT2D eigenvalue weighted by Crippen LogP contribution is 2.36. The maximum absolute atomic E-state index is 6.17. The Balaban J connectivity index is 1.76. The Morgan fingerprint density at radius 1 is 1.16 bits per heavy atom. The number of hydrogen-bond donors (Lipinski definition) is 0. The molecule has 0 aliphatic carbocycles. The van der Waals surface area contributed by atoms with E-state index in [1.807, 2.05) is 30.5 Å². The van der Waals surface area contributed by atoms with Crippen LogP contribution in [0.25, 0.3) is 0 Å². The second-order valence-corrected chi connectivity index (χ2v) is 7.55. The third-order valence-corrected chi connectivity index (χ3v) is 5.75. The molecule has 1 fully saturated rings. The molecule has 0 radical (unpaired) electrons. The Labute approximate surface area is 159 Å². The SMILES string of the molecule is Cc1cc(OC2CCOC2)ncc1C(C)C(C)c1ccc(Cl)c(Cl)c1. The van der Waals surface area contributed by atoms with Crippen molar-refractivity contribution in [1.82, 2.24) is 4.98 Å². The van der Waals surface area contributed by atoms with Crippen molar-refractivity contribution in [3.8, 4) is 5.88 Å². The maximum atomic E-state index is 6.17. The van der Waals surface area contributed by atoms with E-state index in [2.05, 4.69) is 25.8 Å². The Bertz CT molecular complexity index is 744. The van der Waals surface area contributed by atoms with E-state index in [-0.39, 0.29) is 6.10 Å². The molecule has 0 bridgehead atoms. The van der Waals surface area contributed by atoms with Crippen LogP contribution in [0.5, 0.6) is 5.88 Å². The molecule has 0 saturated carbocycles. The van der Waals surface area contributed by atoms with Crippen LogP contribution >= 0.6 is 23.2 Å². The number of aryl methyl sites for hydroxylation is 1. The summed E-state index contributed by atoms with van der Waals surface area (Å²) in [5.41, 5.74) is 3.57. The number of pyridine rings is 1. The first-order valence-electron chi connectivity index (χ1n) is 8.61. The number of halogens is 2. The number of aromatic nitrogens is 1. The average Bonchev–Trinajstić information content (AvgIpc) is 3.09. The van der Waals surface area contributed by atoms with Gasteiger partial charge in [0.15, 0.2) is 0 Å². The van der Waals surface area contributed by atoms with Gasteiger partial charge in [-0.1, -0.05) is 43.1 Å². The number of benzene rings is 1. The number of ether oxygens (including phenoxy) is 2. The number of nitrogens with zero attached hydrogens (tertiary/aromatic N) is 1. The third-order valence-electron chi connectivity index (χ3n) is 5.01. The molecule has 5 heteroatoms. The van der Waals surface area contributed by atoms with Gasteiger partial charge in [0.05, 0.1) is 23.3 Å². The predicted molar refractivity (Wildman–Crippen MR) is 102 cm³/mol. The lowest BCUT2D eigenvalue weighted by Gasteiger charge is -2.23. The van der Waals surface area contributed by atoms with Crippen molar-refractivity contribution < 1.29 is 9.47 Å². The molecule has 3 rings (SSSR count). The first-order valence-corrected chi connectivity index (χ1v) is 9.37. The van der Waals surface area contributed by atoms with Crippen LogP contribution in [0.4, 0.5) is 0 Å². The van der Waals surface area contributed by atoms with E-state index in [1.54, 1.807) is 0 Å². The van der Waals surface area contributed by atoms with Gasteiger partial charge in [-0.25, -0.2) is 4.98 Å². The van der Waals surface area contributed by atoms with Crippen molar-refractivity contribution in [1.29, 1.82) is 0 Å². The number of hydrogen-bond acceptors (Lipinski definition) is 3. The molecule has 25 heavy (non-hydrogen) atoms. The summed E-state index contributed by atoms with van der Waals surface area (Å²) < 4.78 is 11.2. The van der Waals surface area contributed by atoms with E-state index in [9.17, 15) is 0 Å². The maximum Gasteiger partial charge on any atom is 0.213 e. The minimum Gasteiger partial charge on any atom is -0.472 e. The standard InChI is InChI=1S/C20H23Cl2NO2/c1-12-8-20(25-16-6-7-24-11-16)23-10-17(12)14(3)13(2)15-4-5-18(21)19(22)9-15/h4-5,8-10,13-14,16H,6-7,11H2,1-3H3. The van der Waals surface area contributed by atoms with Crippen molar-refractivity contribution in [2.45, 2.75) is 45.1 Å². The minimum atomic E-state index is 0.116. The molecule has 1 saturated heterocycles. The summed E-state index contributed by atoms with van der Waals surface area (Å²) in [5.74, 6) is 1.27. The summed E-state index contributed by atoms with van der Waals surface area (Å²) in [5, 5.41) is 1.18. The lowest BCUT2D eigenvalue weighted by Crippen LogP contribution is -2.17. The van der Waals surface area contributed by atoms with Gasteiger partial charge >= 0.3 is 0 Å². The van der Waals surface area contributed by atoms with E-state index in [1.165, 1.54) is 16.7 Å². The summed E-state index contributed by atoms with van der Waals surface area (Å²) in [7, 11) is 0. The van der Waals surface area contributed by atoms with Crippen molar-refractivity contribution in [3.05, 3.63) is 57.2 Å². The van der Waals surface area contributed by atoms with Crippen LogP contribution in [0.15, 0.2) is 30.5 Å². The molecule has 0 N–H and O–H groups in total. The van der Waals surface area contributed by atoms with Crippen LogP contribution in [0.1, 0.15) is 48.8 Å². The minimum absolute atomic E-state index is 0.116. The van der Waals surface area contributed by atoms with Gasteiger partial charge < -0.3 is 9.47 Å². The van der Waals surface area contributed by atoms with Gasteiger partial charge in [0.25, 0.3) is 0 Å². The van der Waals surface area contributed by atoms with Crippen LogP contribution in [0.3, 0.4) is 0 Å². The molecule has 1 aromatic heterocycles. The van der Waals surface area contributed by atoms with Gasteiger partial charge in [-0.05, 0) is 47.6 Å². The summed E-state index contributed by atoms with van der Waals surface area (Å²) >= 11 is 12.2. The number of rotatable bonds is 5. The van der Waals surface area contributed by atoms with E-state index in [0.717, 1.165) is 13.0 Å². The highest BCUT2D eigenvalue weighted by atomic mass is 35.5. The normalized spacial score (nSPS) is 19.6.